The van der Waals surface area contributed by atoms with E-state index >= 15 is 0 Å². The highest BCUT2D eigenvalue weighted by molar-refractivity contribution is 5.96. The number of pyridine rings is 1. The van der Waals surface area contributed by atoms with Crippen molar-refractivity contribution in [3.8, 4) is 28.1 Å². The van der Waals surface area contributed by atoms with Crippen LogP contribution in [0.2, 0.25) is 0 Å². The van der Waals surface area contributed by atoms with Gasteiger partial charge in [-0.2, -0.15) is 0 Å². The van der Waals surface area contributed by atoms with Crippen LogP contribution in [0.25, 0.3) is 33.3 Å². The number of methoxy groups -OCH3 is 1. The van der Waals surface area contributed by atoms with Gasteiger partial charge in [-0.15, -0.1) is 6.58 Å². The molecule has 2 aromatic heterocycles. The number of aryl methyl sites for hydroxylation is 1. The van der Waals surface area contributed by atoms with Crippen LogP contribution >= 0.6 is 0 Å². The number of phenols is 1. The van der Waals surface area contributed by atoms with E-state index in [1.165, 1.54) is 9.91 Å². The third kappa shape index (κ3) is 11.6. The summed E-state index contributed by atoms with van der Waals surface area (Å²) in [5, 5.41) is 17.0. The third-order valence-electron chi connectivity index (χ3n) is 16.9. The lowest BCUT2D eigenvalue weighted by Gasteiger charge is -2.41. The van der Waals surface area contributed by atoms with Gasteiger partial charge in [0.1, 0.15) is 36.2 Å². The van der Waals surface area contributed by atoms with Gasteiger partial charge in [-0.05, 0) is 104 Å². The lowest BCUT2D eigenvalue weighted by Crippen LogP contribution is -2.63. The van der Waals surface area contributed by atoms with Crippen molar-refractivity contribution in [3.05, 3.63) is 114 Å². The predicted molar refractivity (Wildman–Crippen MR) is 303 cm³/mol. The number of hydrogen-bond donors (Lipinski definition) is 3. The summed E-state index contributed by atoms with van der Waals surface area (Å²) in [4.78, 5) is 69.8. The number of carbonyl (C=O) groups is 4. The van der Waals surface area contributed by atoms with E-state index in [4.69, 9.17) is 23.9 Å². The number of nitrogens with zero attached hydrogens (tertiary/aromatic N) is 6. The standard InChI is InChI=1S/C62H78N8O9/c1-9-38(3)55(66(7)60(74)57-49(36-78-57)41-16-12-11-13-17-41)58(72)64-51-30-40-28-43(31-45(71)29-40)42-20-21-52-46(32-42)48(34-62(5,6)37-79-61(75)50-18-14-22-70(65-50)59(51)73)56(69(52)10-2)47-33-44(35-63-54(47)39(4)76-8)67-23-25-68(26-24-67)53-19-15-27-77-53/h9,11-13,16-17,20-21,28-29,31-33,35,38-39,49-51,53,55,57,65,71H,1,10,14-15,18-19,22-27,30,34,36-37H2,2-8H3,(H,64,72)/t38-,39+,49-,50+,51+,53-,55+,57-/m1/s1. The predicted octanol–water partition coefficient (Wildman–Crippen LogP) is 7.54. The molecular weight excluding hydrogens is 1000 g/mol. The normalized spacial score (nSPS) is 24.0. The quantitative estimate of drug-likeness (QED) is 0.0779. The monoisotopic (exact) mass is 1080 g/mol. The molecule has 420 valence electrons. The van der Waals surface area contributed by atoms with E-state index in [9.17, 15) is 24.3 Å². The van der Waals surface area contributed by atoms with Gasteiger partial charge in [-0.25, -0.2) is 5.43 Å². The number of amides is 3. The number of benzene rings is 3. The number of hydrogen-bond acceptors (Lipinski definition) is 13. The maximum atomic E-state index is 15.0. The molecule has 79 heavy (non-hydrogen) atoms. The van der Waals surface area contributed by atoms with Crippen LogP contribution in [0.5, 0.6) is 5.75 Å². The average molecular weight is 1080 g/mol. The summed E-state index contributed by atoms with van der Waals surface area (Å²) >= 11 is 0. The van der Waals surface area contributed by atoms with Gasteiger partial charge in [0.2, 0.25) is 5.91 Å². The number of likely N-dealkylation sites (N-methyl/N-ethyl adjacent to an activating group) is 1. The largest absolute Gasteiger partial charge is 0.508 e. The number of cyclic esters (lactones) is 1. The Bertz CT molecular complexity index is 3060. The van der Waals surface area contributed by atoms with Crippen LogP contribution in [-0.4, -0.2) is 150 Å². The molecule has 5 aromatic rings. The Morgan fingerprint density at radius 2 is 1.77 bits per heavy atom. The first-order valence-corrected chi connectivity index (χ1v) is 28.3. The summed E-state index contributed by atoms with van der Waals surface area (Å²) in [6.45, 7) is 19.8. The SMILES string of the molecule is C=C[C@@H](C)[C@@H](C(=O)N[C@H]1Cc2cc(O)cc(c2)-c2ccc3c(c2)c(c(-c2cc(N4CCN([C@H]5CCCO5)CC4)cnc2[C@H](C)OC)n3CC)CC(C)(C)COC(=O)[C@@H]2CCCN(N2)C1=O)N(C)C(=O)[C@@H]1OC[C@@H]1c1ccccc1. The Morgan fingerprint density at radius 1 is 0.987 bits per heavy atom. The fourth-order valence-electron chi connectivity index (χ4n) is 12.4. The molecule has 3 aromatic carbocycles. The fourth-order valence-corrected chi connectivity index (χ4v) is 12.4. The van der Waals surface area contributed by atoms with Crippen molar-refractivity contribution in [1.29, 1.82) is 0 Å². The molecule has 0 radical (unpaired) electrons. The number of hydrazine groups is 1. The van der Waals surface area contributed by atoms with Crippen molar-refractivity contribution in [2.45, 2.75) is 122 Å². The Kier molecular flexibility index (Phi) is 16.6. The van der Waals surface area contributed by atoms with Crippen molar-refractivity contribution < 1.29 is 43.2 Å². The maximum Gasteiger partial charge on any atom is 0.324 e. The molecule has 7 heterocycles. The Hall–Kier alpha value is -6.63. The topological polar surface area (TPSA) is 180 Å². The summed E-state index contributed by atoms with van der Waals surface area (Å²) in [6, 6.07) is 20.5. The van der Waals surface area contributed by atoms with Crippen LogP contribution in [-0.2, 0) is 57.5 Å². The zero-order chi connectivity index (χ0) is 55.7. The summed E-state index contributed by atoms with van der Waals surface area (Å²) < 4.78 is 26.5. The molecule has 0 aliphatic carbocycles. The number of ether oxygens (including phenoxy) is 4. The first kappa shape index (κ1) is 55.7. The molecular formula is C62H78N8O9. The van der Waals surface area contributed by atoms with Gasteiger partial charge in [-0.3, -0.25) is 34.1 Å². The molecule has 0 spiro atoms. The van der Waals surface area contributed by atoms with Crippen LogP contribution in [0.15, 0.2) is 91.6 Å². The summed E-state index contributed by atoms with van der Waals surface area (Å²) in [5.74, 6) is -2.61. The average Bonchev–Trinajstić information content (AvgIpc) is 4.20. The lowest BCUT2D eigenvalue weighted by atomic mass is 9.84. The second kappa shape index (κ2) is 23.6. The molecule has 0 saturated carbocycles. The van der Waals surface area contributed by atoms with Crippen molar-refractivity contribution in [2.75, 3.05) is 71.6 Å². The minimum atomic E-state index is -1.20. The van der Waals surface area contributed by atoms with Crippen LogP contribution in [0.1, 0.15) is 94.7 Å². The van der Waals surface area contributed by atoms with Gasteiger partial charge in [-0.1, -0.05) is 69.3 Å². The molecule has 5 aliphatic rings. The Morgan fingerprint density at radius 3 is 2.47 bits per heavy atom. The van der Waals surface area contributed by atoms with Gasteiger partial charge in [0.15, 0.2) is 0 Å². The van der Waals surface area contributed by atoms with E-state index in [1.807, 2.05) is 49.5 Å². The van der Waals surface area contributed by atoms with Crippen molar-refractivity contribution >= 4 is 40.3 Å². The van der Waals surface area contributed by atoms with Crippen molar-refractivity contribution in [3.63, 3.8) is 0 Å². The van der Waals surface area contributed by atoms with Gasteiger partial charge in [0.25, 0.3) is 11.8 Å². The van der Waals surface area contributed by atoms with Gasteiger partial charge in [0.05, 0.1) is 42.6 Å². The number of rotatable bonds is 13. The summed E-state index contributed by atoms with van der Waals surface area (Å²) in [6.07, 6.45) is 6.22. The smallest absolute Gasteiger partial charge is 0.324 e. The van der Waals surface area contributed by atoms with Crippen molar-refractivity contribution in [2.24, 2.45) is 11.3 Å². The van der Waals surface area contributed by atoms with Crippen LogP contribution in [0.3, 0.4) is 0 Å². The number of aromatic nitrogens is 2. The highest BCUT2D eigenvalue weighted by Crippen LogP contribution is 2.44. The molecule has 5 aliphatic heterocycles. The highest BCUT2D eigenvalue weighted by atomic mass is 16.5. The first-order chi connectivity index (χ1) is 38.1. The molecule has 10 rings (SSSR count). The minimum absolute atomic E-state index is 0.0127. The van der Waals surface area contributed by atoms with E-state index in [1.54, 1.807) is 39.3 Å². The van der Waals surface area contributed by atoms with Gasteiger partial charge < -0.3 is 43.7 Å². The highest BCUT2D eigenvalue weighted by Gasteiger charge is 2.45. The number of anilines is 1. The molecule has 4 fully saturated rings. The van der Waals surface area contributed by atoms with Crippen LogP contribution < -0.4 is 15.6 Å². The minimum Gasteiger partial charge on any atom is -0.508 e. The molecule has 17 nitrogen and oxygen atoms in total. The van der Waals surface area contributed by atoms with E-state index in [0.29, 0.717) is 43.5 Å². The number of carbonyl (C=O) groups excluding carboxylic acids is 4. The van der Waals surface area contributed by atoms with Gasteiger partial charge in [0, 0.05) is 100 Å². The zero-order valence-corrected chi connectivity index (χ0v) is 46.9. The second-order valence-electron chi connectivity index (χ2n) is 23.0. The van der Waals surface area contributed by atoms with Crippen molar-refractivity contribution in [1.82, 2.24) is 35.1 Å². The number of phenolic OH excluding ortho intramolecular Hbond substituents is 1. The van der Waals surface area contributed by atoms with E-state index in [0.717, 1.165) is 95.9 Å². The van der Waals surface area contributed by atoms with E-state index in [-0.39, 0.29) is 49.5 Å². The number of piperazine rings is 1. The number of esters is 1. The molecule has 0 unspecified atom stereocenters. The molecule has 6 bridgehead atoms. The zero-order valence-electron chi connectivity index (χ0n) is 46.9. The van der Waals surface area contributed by atoms with Crippen LogP contribution in [0.4, 0.5) is 5.69 Å². The second-order valence-corrected chi connectivity index (χ2v) is 23.0. The number of aromatic hydroxyl groups is 1. The van der Waals surface area contributed by atoms with Gasteiger partial charge >= 0.3 is 5.97 Å². The summed E-state index contributed by atoms with van der Waals surface area (Å²) in [5.41, 5.74) is 11.6. The fraction of sp³-hybridized carbons (Fsp3) is 0.500. The molecule has 17 heteroatoms. The molecule has 3 N–H and O–H groups in total. The summed E-state index contributed by atoms with van der Waals surface area (Å²) in [7, 11) is 3.29. The third-order valence-corrected chi connectivity index (χ3v) is 16.9. The Balaban J connectivity index is 1.04. The number of fused-ring (bicyclic) bond motifs is 6. The molecule has 4 saturated heterocycles. The van der Waals surface area contributed by atoms with Crippen LogP contribution in [0, 0.1) is 11.3 Å². The molecule has 8 atom stereocenters. The van der Waals surface area contributed by atoms with E-state index in [2.05, 4.69) is 76.7 Å². The number of nitrogens with one attached hydrogen (secondary N) is 2. The lowest BCUT2D eigenvalue weighted by molar-refractivity contribution is -0.164. The molecule has 3 amide bonds. The first-order valence-electron chi connectivity index (χ1n) is 28.3. The Labute approximate surface area is 464 Å². The van der Waals surface area contributed by atoms with E-state index < -0.39 is 53.3 Å². The maximum absolute atomic E-state index is 15.0.